The Morgan fingerprint density at radius 1 is 1.30 bits per heavy atom. The van der Waals surface area contributed by atoms with Crippen LogP contribution in [0.5, 0.6) is 0 Å². The predicted octanol–water partition coefficient (Wildman–Crippen LogP) is 1.36. The fourth-order valence-corrected chi connectivity index (χ4v) is 0.774. The van der Waals surface area contributed by atoms with Crippen LogP contribution in [0.4, 0.5) is 0 Å². The Labute approximate surface area is 70.9 Å². The molecule has 0 aliphatic heterocycles. The molecule has 1 amide bonds. The number of nitrogens with one attached hydrogen (secondary N) is 1. The fourth-order valence-electron chi connectivity index (χ4n) is 0.469. The van der Waals surface area contributed by atoms with Gasteiger partial charge in [0.25, 0.3) is 0 Å². The average Bonchev–Trinajstić information content (AvgIpc) is 1.89. The maximum absolute atomic E-state index is 10.7. The summed E-state index contributed by atoms with van der Waals surface area (Å²) in [6.07, 6.45) is 1.21. The van der Waals surface area contributed by atoms with E-state index in [9.17, 15) is 4.79 Å². The molecule has 60 valence electrons. The quantitative estimate of drug-likeness (QED) is 0.507. The maximum atomic E-state index is 10.7. The molecule has 0 aliphatic rings. The number of halogens is 2. The van der Waals surface area contributed by atoms with Crippen LogP contribution in [0.3, 0.4) is 0 Å². The lowest BCUT2D eigenvalue weighted by atomic mass is 10.4. The summed E-state index contributed by atoms with van der Waals surface area (Å²) in [4.78, 5) is 10.7. The first kappa shape index (κ1) is 10.0. The normalized spacial score (nSPS) is 9.40. The van der Waals surface area contributed by atoms with Crippen molar-refractivity contribution >= 4 is 29.1 Å². The number of amides is 1. The molecular formula is C6H11Cl2NO. The molecular weight excluding hydrogens is 173 g/mol. The highest BCUT2D eigenvalue weighted by molar-refractivity contribution is 6.19. The van der Waals surface area contributed by atoms with Crippen LogP contribution in [-0.4, -0.2) is 24.2 Å². The third-order valence-corrected chi connectivity index (χ3v) is 1.41. The third kappa shape index (κ3) is 6.17. The Morgan fingerprint density at radius 3 is 2.50 bits per heavy atom. The highest BCUT2D eigenvalue weighted by atomic mass is 35.5. The van der Waals surface area contributed by atoms with E-state index >= 15 is 0 Å². The molecule has 0 aromatic heterocycles. The van der Waals surface area contributed by atoms with Crippen molar-refractivity contribution < 1.29 is 4.79 Å². The highest BCUT2D eigenvalue weighted by Crippen LogP contribution is 1.85. The second-order valence-electron chi connectivity index (χ2n) is 1.83. The molecule has 0 spiro atoms. The Kier molecular flexibility index (Phi) is 7.20. The van der Waals surface area contributed by atoms with Crippen molar-refractivity contribution in [3.63, 3.8) is 0 Å². The minimum absolute atomic E-state index is 0.000108. The largest absolute Gasteiger partial charge is 0.356 e. The summed E-state index contributed by atoms with van der Waals surface area (Å²) in [6, 6.07) is 0. The molecule has 10 heavy (non-hydrogen) atoms. The van der Waals surface area contributed by atoms with E-state index in [-0.39, 0.29) is 5.91 Å². The molecule has 2 nitrogen and oxygen atoms in total. The summed E-state index contributed by atoms with van der Waals surface area (Å²) < 4.78 is 0. The van der Waals surface area contributed by atoms with Gasteiger partial charge in [-0.3, -0.25) is 4.79 Å². The van der Waals surface area contributed by atoms with Crippen molar-refractivity contribution in [2.24, 2.45) is 0 Å². The van der Waals surface area contributed by atoms with Crippen LogP contribution in [0.15, 0.2) is 0 Å². The van der Waals surface area contributed by atoms with E-state index < -0.39 is 0 Å². The van der Waals surface area contributed by atoms with Crippen molar-refractivity contribution in [3.05, 3.63) is 0 Å². The van der Waals surface area contributed by atoms with Crippen LogP contribution in [0.25, 0.3) is 0 Å². The van der Waals surface area contributed by atoms with E-state index in [1.165, 1.54) is 0 Å². The smallest absolute Gasteiger partial charge is 0.221 e. The zero-order chi connectivity index (χ0) is 7.82. The molecule has 0 rings (SSSR count). The van der Waals surface area contributed by atoms with Gasteiger partial charge in [0.2, 0.25) is 5.91 Å². The summed E-state index contributed by atoms with van der Waals surface area (Å²) in [5, 5.41) is 2.68. The molecule has 0 aromatic carbocycles. The summed E-state index contributed by atoms with van der Waals surface area (Å²) in [7, 11) is 0. The van der Waals surface area contributed by atoms with Gasteiger partial charge in [0.1, 0.15) is 0 Å². The maximum Gasteiger partial charge on any atom is 0.221 e. The Hall–Kier alpha value is 0.0500. The molecule has 4 heteroatoms. The second-order valence-corrected chi connectivity index (χ2v) is 2.59. The molecule has 0 aromatic rings. The van der Waals surface area contributed by atoms with Crippen molar-refractivity contribution in [2.75, 3.05) is 18.3 Å². The van der Waals surface area contributed by atoms with Gasteiger partial charge in [-0.05, 0) is 6.42 Å². The van der Waals surface area contributed by atoms with Gasteiger partial charge in [-0.2, -0.15) is 0 Å². The second kappa shape index (κ2) is 7.16. The number of rotatable bonds is 5. The Morgan fingerprint density at radius 2 is 2.00 bits per heavy atom. The van der Waals surface area contributed by atoms with Gasteiger partial charge in [0.05, 0.1) is 0 Å². The number of alkyl halides is 2. The van der Waals surface area contributed by atoms with Crippen LogP contribution >= 0.6 is 23.2 Å². The van der Waals surface area contributed by atoms with Crippen molar-refractivity contribution in [2.45, 2.75) is 12.8 Å². The van der Waals surface area contributed by atoms with Gasteiger partial charge < -0.3 is 5.32 Å². The molecule has 0 unspecified atom stereocenters. The molecule has 1 N–H and O–H groups in total. The molecule has 0 radical (unpaired) electrons. The minimum atomic E-state index is 0.000108. The first-order valence-corrected chi connectivity index (χ1v) is 4.26. The van der Waals surface area contributed by atoms with Crippen LogP contribution in [-0.2, 0) is 4.79 Å². The topological polar surface area (TPSA) is 29.1 Å². The first-order valence-electron chi connectivity index (χ1n) is 3.20. The van der Waals surface area contributed by atoms with Gasteiger partial charge in [0, 0.05) is 24.7 Å². The van der Waals surface area contributed by atoms with E-state index in [1.807, 2.05) is 0 Å². The van der Waals surface area contributed by atoms with Crippen LogP contribution in [0.2, 0.25) is 0 Å². The Bertz CT molecular complexity index is 97.7. The van der Waals surface area contributed by atoms with E-state index in [0.29, 0.717) is 24.7 Å². The zero-order valence-corrected chi connectivity index (χ0v) is 7.21. The molecule has 0 fully saturated rings. The molecule has 0 heterocycles. The SMILES string of the molecule is O=C(CCCl)NCCCCl. The summed E-state index contributed by atoms with van der Waals surface area (Å²) in [6.45, 7) is 0.652. The van der Waals surface area contributed by atoms with Crippen molar-refractivity contribution in [1.29, 1.82) is 0 Å². The van der Waals surface area contributed by atoms with Gasteiger partial charge >= 0.3 is 0 Å². The molecule has 0 bridgehead atoms. The van der Waals surface area contributed by atoms with Gasteiger partial charge in [0.15, 0.2) is 0 Å². The number of hydrogen-bond acceptors (Lipinski definition) is 1. The average molecular weight is 184 g/mol. The van der Waals surface area contributed by atoms with Crippen LogP contribution in [0.1, 0.15) is 12.8 Å². The fraction of sp³-hybridized carbons (Fsp3) is 0.833. The zero-order valence-electron chi connectivity index (χ0n) is 5.70. The highest BCUT2D eigenvalue weighted by Gasteiger charge is 1.96. The predicted molar refractivity (Wildman–Crippen MR) is 43.7 cm³/mol. The lowest BCUT2D eigenvalue weighted by molar-refractivity contribution is -0.120. The Balaban J connectivity index is 3.05. The number of hydrogen-bond donors (Lipinski definition) is 1. The van der Waals surface area contributed by atoms with Crippen LogP contribution < -0.4 is 5.32 Å². The monoisotopic (exact) mass is 183 g/mol. The van der Waals surface area contributed by atoms with Crippen molar-refractivity contribution in [3.8, 4) is 0 Å². The van der Waals surface area contributed by atoms with E-state index in [1.54, 1.807) is 0 Å². The van der Waals surface area contributed by atoms with Gasteiger partial charge in [-0.15, -0.1) is 23.2 Å². The minimum Gasteiger partial charge on any atom is -0.356 e. The molecule has 0 saturated heterocycles. The summed E-state index contributed by atoms with van der Waals surface area (Å²) >= 11 is 10.7. The van der Waals surface area contributed by atoms with E-state index in [4.69, 9.17) is 23.2 Å². The van der Waals surface area contributed by atoms with Crippen LogP contribution in [0, 0.1) is 0 Å². The van der Waals surface area contributed by atoms with Crippen molar-refractivity contribution in [1.82, 2.24) is 5.32 Å². The van der Waals surface area contributed by atoms with Gasteiger partial charge in [-0.1, -0.05) is 0 Å². The summed E-state index contributed by atoms with van der Waals surface area (Å²) in [5.74, 6) is 0.966. The lowest BCUT2D eigenvalue weighted by Crippen LogP contribution is -2.24. The molecule has 0 atom stereocenters. The first-order chi connectivity index (χ1) is 4.81. The third-order valence-electron chi connectivity index (χ3n) is 0.954. The standard InChI is InChI=1S/C6H11Cl2NO/c7-3-1-5-9-6(10)2-4-8/h1-5H2,(H,9,10). The van der Waals surface area contributed by atoms with E-state index in [2.05, 4.69) is 5.32 Å². The number of carbonyl (C=O) groups excluding carboxylic acids is 1. The number of carbonyl (C=O) groups is 1. The molecule has 0 aliphatic carbocycles. The molecule has 0 saturated carbocycles. The van der Waals surface area contributed by atoms with Gasteiger partial charge in [-0.25, -0.2) is 0 Å². The lowest BCUT2D eigenvalue weighted by Gasteiger charge is -2.00. The van der Waals surface area contributed by atoms with E-state index in [0.717, 1.165) is 6.42 Å². The summed E-state index contributed by atoms with van der Waals surface area (Å²) in [5.41, 5.74) is 0.